The number of rotatable bonds is 48. The molecule has 0 spiro atoms. The average molecular weight is 857 g/mol. The molecule has 0 aromatic heterocycles. The zero-order chi connectivity index (χ0) is 44.4. The van der Waals surface area contributed by atoms with Crippen molar-refractivity contribution in [2.24, 2.45) is 0 Å². The van der Waals surface area contributed by atoms with Crippen molar-refractivity contribution in [3.63, 3.8) is 0 Å². The van der Waals surface area contributed by atoms with Crippen LogP contribution in [0.15, 0.2) is 36.5 Å². The fourth-order valence-corrected chi connectivity index (χ4v) is 7.65. The Bertz CT molecular complexity index is 1030. The van der Waals surface area contributed by atoms with Gasteiger partial charge in [-0.05, 0) is 70.6 Å². The highest BCUT2D eigenvalue weighted by Gasteiger charge is 2.19. The van der Waals surface area contributed by atoms with E-state index in [-0.39, 0.29) is 31.1 Å². The SMILES string of the molecule is CC/C=C\C/C=C\CCCCC(=O)OCC(COC(=O)CCCCCCCCCCCCCCCCCCCCC)OC(=O)CCCCCCCCC/C=C\CCCCCC. The van der Waals surface area contributed by atoms with Gasteiger partial charge in [-0.1, -0.05) is 224 Å². The van der Waals surface area contributed by atoms with Crippen molar-refractivity contribution in [2.45, 2.75) is 284 Å². The molecule has 0 saturated heterocycles. The molecule has 356 valence electrons. The lowest BCUT2D eigenvalue weighted by molar-refractivity contribution is -0.167. The van der Waals surface area contributed by atoms with E-state index in [0.29, 0.717) is 19.3 Å². The van der Waals surface area contributed by atoms with Gasteiger partial charge in [0.1, 0.15) is 13.2 Å². The van der Waals surface area contributed by atoms with Crippen LogP contribution in [-0.4, -0.2) is 37.2 Å². The third kappa shape index (κ3) is 48.5. The van der Waals surface area contributed by atoms with E-state index >= 15 is 0 Å². The van der Waals surface area contributed by atoms with Crippen LogP contribution in [0.3, 0.4) is 0 Å². The summed E-state index contributed by atoms with van der Waals surface area (Å²) in [5, 5.41) is 0. The second-order valence-electron chi connectivity index (χ2n) is 17.8. The Morgan fingerprint density at radius 3 is 1.05 bits per heavy atom. The van der Waals surface area contributed by atoms with E-state index in [0.717, 1.165) is 70.6 Å². The van der Waals surface area contributed by atoms with Gasteiger partial charge in [0, 0.05) is 19.3 Å². The number of carbonyl (C=O) groups excluding carboxylic acids is 3. The Labute approximate surface area is 378 Å². The minimum absolute atomic E-state index is 0.0811. The maximum Gasteiger partial charge on any atom is 0.306 e. The number of carbonyl (C=O) groups is 3. The van der Waals surface area contributed by atoms with Crippen LogP contribution >= 0.6 is 0 Å². The summed E-state index contributed by atoms with van der Waals surface area (Å²) in [6, 6.07) is 0. The van der Waals surface area contributed by atoms with E-state index in [2.05, 4.69) is 57.2 Å². The van der Waals surface area contributed by atoms with Gasteiger partial charge >= 0.3 is 17.9 Å². The molecular formula is C55H100O6. The Morgan fingerprint density at radius 1 is 0.344 bits per heavy atom. The van der Waals surface area contributed by atoms with E-state index in [1.165, 1.54) is 167 Å². The molecule has 1 unspecified atom stereocenters. The van der Waals surface area contributed by atoms with Crippen molar-refractivity contribution in [1.29, 1.82) is 0 Å². The second-order valence-corrected chi connectivity index (χ2v) is 17.8. The number of esters is 3. The first kappa shape index (κ1) is 58.6. The Kier molecular flexibility index (Phi) is 48.3. The van der Waals surface area contributed by atoms with Gasteiger partial charge in [-0.15, -0.1) is 0 Å². The molecule has 61 heavy (non-hydrogen) atoms. The molecular weight excluding hydrogens is 757 g/mol. The highest BCUT2D eigenvalue weighted by molar-refractivity contribution is 5.71. The lowest BCUT2D eigenvalue weighted by Gasteiger charge is -2.18. The first-order chi connectivity index (χ1) is 30.0. The predicted octanol–water partition coefficient (Wildman–Crippen LogP) is 17.3. The largest absolute Gasteiger partial charge is 0.462 e. The number of allylic oxidation sites excluding steroid dienone is 6. The van der Waals surface area contributed by atoms with Gasteiger partial charge in [0.15, 0.2) is 6.10 Å². The molecule has 0 aliphatic rings. The van der Waals surface area contributed by atoms with Crippen LogP contribution in [0.1, 0.15) is 278 Å². The normalized spacial score (nSPS) is 12.2. The van der Waals surface area contributed by atoms with E-state index in [4.69, 9.17) is 14.2 Å². The fourth-order valence-electron chi connectivity index (χ4n) is 7.65. The van der Waals surface area contributed by atoms with Crippen molar-refractivity contribution in [2.75, 3.05) is 13.2 Å². The number of hydrogen-bond donors (Lipinski definition) is 0. The lowest BCUT2D eigenvalue weighted by atomic mass is 10.0. The van der Waals surface area contributed by atoms with E-state index < -0.39 is 6.10 Å². The van der Waals surface area contributed by atoms with Crippen LogP contribution in [0.5, 0.6) is 0 Å². The minimum Gasteiger partial charge on any atom is -0.462 e. The first-order valence-electron chi connectivity index (χ1n) is 26.5. The summed E-state index contributed by atoms with van der Waals surface area (Å²) in [6.45, 7) is 6.50. The van der Waals surface area contributed by atoms with Crippen LogP contribution in [0.2, 0.25) is 0 Å². The fraction of sp³-hybridized carbons (Fsp3) is 0.836. The minimum atomic E-state index is -0.782. The number of hydrogen-bond acceptors (Lipinski definition) is 6. The van der Waals surface area contributed by atoms with Gasteiger partial charge in [-0.3, -0.25) is 14.4 Å². The van der Waals surface area contributed by atoms with E-state index in [1.54, 1.807) is 0 Å². The molecule has 1 atom stereocenters. The Hall–Kier alpha value is -2.37. The van der Waals surface area contributed by atoms with Crippen molar-refractivity contribution in [1.82, 2.24) is 0 Å². The topological polar surface area (TPSA) is 78.9 Å². The van der Waals surface area contributed by atoms with Crippen LogP contribution in [-0.2, 0) is 28.6 Å². The summed E-state index contributed by atoms with van der Waals surface area (Å²) < 4.78 is 16.7. The molecule has 0 amide bonds. The van der Waals surface area contributed by atoms with Crippen molar-refractivity contribution >= 4 is 17.9 Å². The summed E-state index contributed by atoms with van der Waals surface area (Å²) >= 11 is 0. The zero-order valence-electron chi connectivity index (χ0n) is 40.7. The molecule has 0 saturated carbocycles. The Balaban J connectivity index is 4.27. The van der Waals surface area contributed by atoms with Crippen molar-refractivity contribution in [3.05, 3.63) is 36.5 Å². The van der Waals surface area contributed by atoms with Gasteiger partial charge in [-0.2, -0.15) is 0 Å². The second kappa shape index (κ2) is 50.3. The molecule has 6 heteroatoms. The molecule has 0 bridgehead atoms. The van der Waals surface area contributed by atoms with E-state index in [1.807, 2.05) is 0 Å². The summed E-state index contributed by atoms with van der Waals surface area (Å²) in [6.07, 6.45) is 58.6. The standard InChI is InChI=1S/C55H100O6/c1-4-7-10-13-16-19-21-23-25-26-27-28-30-31-33-36-39-42-45-48-54(57)60-51-52(50-59-53(56)47-44-41-38-35-18-15-12-9-6-3)61-55(58)49-46-43-40-37-34-32-29-24-22-20-17-14-11-8-5-2/h9,12,18,20,22,35,52H,4-8,10-11,13-17,19,21,23-34,36-51H2,1-3H3/b12-9-,22-20-,35-18-. The van der Waals surface area contributed by atoms with Gasteiger partial charge < -0.3 is 14.2 Å². The predicted molar refractivity (Wildman–Crippen MR) is 261 cm³/mol. The van der Waals surface area contributed by atoms with E-state index in [9.17, 15) is 14.4 Å². The summed E-state index contributed by atoms with van der Waals surface area (Å²) in [4.78, 5) is 37.9. The molecule has 0 heterocycles. The maximum absolute atomic E-state index is 12.8. The molecule has 0 aliphatic heterocycles. The smallest absolute Gasteiger partial charge is 0.306 e. The Morgan fingerprint density at radius 2 is 0.639 bits per heavy atom. The quantitative estimate of drug-likeness (QED) is 0.0262. The lowest BCUT2D eigenvalue weighted by Crippen LogP contribution is -2.30. The summed E-state index contributed by atoms with van der Waals surface area (Å²) in [5.41, 5.74) is 0. The van der Waals surface area contributed by atoms with Gasteiger partial charge in [-0.25, -0.2) is 0 Å². The van der Waals surface area contributed by atoms with Gasteiger partial charge in [0.05, 0.1) is 0 Å². The third-order valence-electron chi connectivity index (χ3n) is 11.6. The van der Waals surface area contributed by atoms with Crippen LogP contribution in [0.4, 0.5) is 0 Å². The molecule has 0 aromatic carbocycles. The summed E-state index contributed by atoms with van der Waals surface area (Å²) in [5.74, 6) is -0.913. The summed E-state index contributed by atoms with van der Waals surface area (Å²) in [7, 11) is 0. The monoisotopic (exact) mass is 857 g/mol. The van der Waals surface area contributed by atoms with Gasteiger partial charge in [0.2, 0.25) is 0 Å². The van der Waals surface area contributed by atoms with Crippen molar-refractivity contribution in [3.8, 4) is 0 Å². The van der Waals surface area contributed by atoms with Crippen molar-refractivity contribution < 1.29 is 28.6 Å². The molecule has 0 aromatic rings. The van der Waals surface area contributed by atoms with Gasteiger partial charge in [0.25, 0.3) is 0 Å². The number of unbranched alkanes of at least 4 members (excludes halogenated alkanes) is 31. The average Bonchev–Trinajstić information content (AvgIpc) is 3.26. The molecule has 0 radical (unpaired) electrons. The molecule has 6 nitrogen and oxygen atoms in total. The highest BCUT2D eigenvalue weighted by Crippen LogP contribution is 2.16. The van der Waals surface area contributed by atoms with Crippen LogP contribution < -0.4 is 0 Å². The number of ether oxygens (including phenoxy) is 3. The third-order valence-corrected chi connectivity index (χ3v) is 11.6. The molecule has 0 aliphatic carbocycles. The molecule has 0 rings (SSSR count). The zero-order valence-corrected chi connectivity index (χ0v) is 40.7. The first-order valence-corrected chi connectivity index (χ1v) is 26.5. The maximum atomic E-state index is 12.8. The molecule has 0 N–H and O–H groups in total. The van der Waals surface area contributed by atoms with Crippen LogP contribution in [0, 0.1) is 0 Å². The highest BCUT2D eigenvalue weighted by atomic mass is 16.6. The molecule has 0 fully saturated rings. The van der Waals surface area contributed by atoms with Crippen LogP contribution in [0.25, 0.3) is 0 Å².